The van der Waals surface area contributed by atoms with Gasteiger partial charge in [0.25, 0.3) is 5.84 Å². The fraction of sp³-hybridized carbons (Fsp3) is 0.0625. The minimum atomic E-state index is -4.94. The normalized spacial score (nSPS) is 14.1. The number of benzene rings is 2. The molecule has 0 aliphatic carbocycles. The first-order valence-corrected chi connectivity index (χ1v) is 8.39. The molecule has 0 radical (unpaired) electrons. The highest BCUT2D eigenvalue weighted by atomic mass is 35.7. The van der Waals surface area contributed by atoms with Gasteiger partial charge in [0.2, 0.25) is 0 Å². The van der Waals surface area contributed by atoms with Gasteiger partial charge in [0.15, 0.2) is 0 Å². The molecular formula is C16H14Cl2N2O4. The number of hydrogen-bond acceptors (Lipinski definition) is 5. The monoisotopic (exact) mass is 368 g/mol. The van der Waals surface area contributed by atoms with Gasteiger partial charge in [0.1, 0.15) is 12.7 Å². The second-order valence-corrected chi connectivity index (χ2v) is 6.05. The lowest BCUT2D eigenvalue weighted by Crippen LogP contribution is -2.68. The van der Waals surface area contributed by atoms with Crippen LogP contribution in [-0.2, 0) is 6.54 Å². The highest BCUT2D eigenvalue weighted by Crippen LogP contribution is 2.22. The number of nitrogens with two attached hydrogens (primary N) is 1. The van der Waals surface area contributed by atoms with Gasteiger partial charge in [-0.1, -0.05) is 60.1 Å². The Morgan fingerprint density at radius 3 is 2.12 bits per heavy atom. The largest absolute Gasteiger partial charge is 0.286 e. The van der Waals surface area contributed by atoms with Crippen molar-refractivity contribution in [3.8, 4) is 0 Å². The number of nitrogens with zero attached hydrogens (tertiary/aromatic N) is 1. The van der Waals surface area contributed by atoms with E-state index < -0.39 is 10.2 Å². The van der Waals surface area contributed by atoms with Crippen LogP contribution in [0.3, 0.4) is 0 Å². The molecule has 8 heteroatoms. The molecule has 0 saturated carbocycles. The molecule has 126 valence electrons. The van der Waals surface area contributed by atoms with Crippen LogP contribution in [0.1, 0.15) is 16.7 Å². The van der Waals surface area contributed by atoms with Crippen molar-refractivity contribution in [3.63, 3.8) is 0 Å². The van der Waals surface area contributed by atoms with Gasteiger partial charge >= 0.3 is 0 Å². The number of rotatable bonds is 2. The van der Waals surface area contributed by atoms with E-state index in [4.69, 9.17) is 36.0 Å². The van der Waals surface area contributed by atoms with E-state index in [2.05, 4.69) is 6.07 Å². The van der Waals surface area contributed by atoms with Crippen LogP contribution in [0.2, 0.25) is 0 Å². The van der Waals surface area contributed by atoms with Crippen LogP contribution in [-0.4, -0.2) is 10.4 Å². The molecule has 1 aliphatic heterocycles. The minimum Gasteiger partial charge on any atom is -0.286 e. The fourth-order valence-electron chi connectivity index (χ4n) is 2.26. The number of hydrogen-bond donors (Lipinski definition) is 1. The maximum atomic E-state index is 8.49. The molecule has 24 heavy (non-hydrogen) atoms. The molecule has 2 N–H and O–H groups in total. The second kappa shape index (κ2) is 7.76. The summed E-state index contributed by atoms with van der Waals surface area (Å²) in [6, 6.07) is 18.0. The summed E-state index contributed by atoms with van der Waals surface area (Å²) in [7, 11) is -4.94. The summed E-state index contributed by atoms with van der Waals surface area (Å²) in [5.41, 5.74) is 9.47. The maximum absolute atomic E-state index is 8.49. The minimum absolute atomic E-state index is 0.691. The summed E-state index contributed by atoms with van der Waals surface area (Å²) < 4.78 is 36.0. The third-order valence-corrected chi connectivity index (χ3v) is 3.58. The van der Waals surface area contributed by atoms with Crippen LogP contribution in [0, 0.1) is 10.2 Å². The topological polar surface area (TPSA) is 121 Å². The van der Waals surface area contributed by atoms with Crippen molar-refractivity contribution in [1.82, 2.24) is 0 Å². The smallest absolute Gasteiger partial charge is 0.280 e. The molecule has 0 fully saturated rings. The van der Waals surface area contributed by atoms with E-state index >= 15 is 0 Å². The van der Waals surface area contributed by atoms with E-state index in [1.165, 1.54) is 5.56 Å². The molecule has 2 aromatic rings. The molecule has 0 atom stereocenters. The van der Waals surface area contributed by atoms with E-state index in [1.807, 2.05) is 59.3 Å². The maximum Gasteiger partial charge on any atom is 0.280 e. The molecule has 0 spiro atoms. The Bertz CT molecular complexity index is 765. The van der Waals surface area contributed by atoms with Crippen molar-refractivity contribution in [2.45, 2.75) is 6.54 Å². The average Bonchev–Trinajstić information content (AvgIpc) is 2.83. The molecule has 0 bridgehead atoms. The Morgan fingerprint density at radius 1 is 1.00 bits per heavy atom. The SMILES string of the molecule is NC1=[N+](/C=C(\Cl)c2ccccc2)Cc2ccccc21.[O-][Cl+3]([O-])([O-])[O-]. The Morgan fingerprint density at radius 2 is 1.54 bits per heavy atom. The Kier molecular flexibility index (Phi) is 5.95. The Balaban J connectivity index is 0.000000368. The lowest BCUT2D eigenvalue weighted by molar-refractivity contribution is -2.00. The van der Waals surface area contributed by atoms with Crippen molar-refractivity contribution < 1.29 is 33.5 Å². The summed E-state index contributed by atoms with van der Waals surface area (Å²) in [6.07, 6.45) is 1.90. The van der Waals surface area contributed by atoms with Gasteiger partial charge in [0, 0.05) is 5.56 Å². The molecule has 1 heterocycles. The van der Waals surface area contributed by atoms with Crippen LogP contribution in [0.15, 0.2) is 60.8 Å². The van der Waals surface area contributed by atoms with Gasteiger partial charge in [-0.25, -0.2) is 23.2 Å². The Hall–Kier alpha value is -1.93. The second-order valence-electron chi connectivity index (χ2n) is 4.89. The fourth-order valence-corrected chi connectivity index (χ4v) is 2.50. The van der Waals surface area contributed by atoms with Crippen LogP contribution < -0.4 is 24.4 Å². The Labute approximate surface area is 146 Å². The van der Waals surface area contributed by atoms with Gasteiger partial charge in [-0.05, 0) is 11.6 Å². The van der Waals surface area contributed by atoms with Crippen LogP contribution in [0.25, 0.3) is 5.03 Å². The summed E-state index contributed by atoms with van der Waals surface area (Å²) in [4.78, 5) is 0. The van der Waals surface area contributed by atoms with Crippen LogP contribution in [0.4, 0.5) is 0 Å². The van der Waals surface area contributed by atoms with Gasteiger partial charge in [0.05, 0.1) is 10.6 Å². The van der Waals surface area contributed by atoms with Crippen molar-refractivity contribution >= 4 is 22.5 Å². The lowest BCUT2D eigenvalue weighted by Gasteiger charge is -2.17. The van der Waals surface area contributed by atoms with Crippen molar-refractivity contribution in [3.05, 3.63) is 77.5 Å². The van der Waals surface area contributed by atoms with Gasteiger partial charge < -0.3 is 0 Å². The first kappa shape index (κ1) is 18.4. The van der Waals surface area contributed by atoms with Gasteiger partial charge in [-0.3, -0.25) is 5.73 Å². The first-order chi connectivity index (χ1) is 11.3. The molecule has 3 rings (SSSR count). The summed E-state index contributed by atoms with van der Waals surface area (Å²) >= 11 is 6.35. The molecule has 0 amide bonds. The number of amidine groups is 1. The van der Waals surface area contributed by atoms with Crippen molar-refractivity contribution in [2.24, 2.45) is 5.73 Å². The highest BCUT2D eigenvalue weighted by Gasteiger charge is 2.23. The van der Waals surface area contributed by atoms with Crippen LogP contribution >= 0.6 is 11.6 Å². The van der Waals surface area contributed by atoms with E-state index in [9.17, 15) is 0 Å². The van der Waals surface area contributed by atoms with Crippen molar-refractivity contribution in [2.75, 3.05) is 0 Å². The highest BCUT2D eigenvalue weighted by molar-refractivity contribution is 6.48. The summed E-state index contributed by atoms with van der Waals surface area (Å²) in [5, 5.41) is 0.691. The van der Waals surface area contributed by atoms with Gasteiger partial charge in [-0.2, -0.15) is 0 Å². The van der Waals surface area contributed by atoms with E-state index in [1.54, 1.807) is 0 Å². The molecule has 6 nitrogen and oxygen atoms in total. The van der Waals surface area contributed by atoms with Crippen molar-refractivity contribution in [1.29, 1.82) is 0 Å². The molecule has 0 aromatic heterocycles. The van der Waals surface area contributed by atoms with Crippen LogP contribution in [0.5, 0.6) is 0 Å². The predicted octanol–water partition coefficient (Wildman–Crippen LogP) is -1.60. The molecule has 0 unspecified atom stereocenters. The molecule has 2 aromatic carbocycles. The zero-order chi connectivity index (χ0) is 17.7. The van der Waals surface area contributed by atoms with E-state index in [0.717, 1.165) is 23.5 Å². The zero-order valence-electron chi connectivity index (χ0n) is 12.4. The average molecular weight is 369 g/mol. The van der Waals surface area contributed by atoms with E-state index in [-0.39, 0.29) is 0 Å². The number of fused-ring (bicyclic) bond motifs is 1. The molecule has 1 aliphatic rings. The lowest BCUT2D eigenvalue weighted by atomic mass is 10.1. The van der Waals surface area contributed by atoms with E-state index in [0.29, 0.717) is 5.03 Å². The number of halogens is 2. The zero-order valence-corrected chi connectivity index (χ0v) is 13.9. The first-order valence-electron chi connectivity index (χ1n) is 6.77. The summed E-state index contributed by atoms with van der Waals surface area (Å²) in [6.45, 7) is 0.769. The predicted molar refractivity (Wildman–Crippen MR) is 79.0 cm³/mol. The molecule has 0 saturated heterocycles. The standard InChI is InChI=1S/C16H13ClN2.ClHO4/c17-15(12-6-2-1-3-7-12)11-19-10-13-8-4-5-9-14(13)16(19)18;2-1(3,4)5/h1-9,11,18H,10H2;(H,2,3,4,5)/b15-11-;. The third-order valence-electron chi connectivity index (χ3n) is 3.26. The quantitative estimate of drug-likeness (QED) is 0.639. The van der Waals surface area contributed by atoms with Gasteiger partial charge in [-0.15, -0.1) is 10.2 Å². The molecular weight excluding hydrogens is 355 g/mol. The third kappa shape index (κ3) is 5.31. The summed E-state index contributed by atoms with van der Waals surface area (Å²) in [5.74, 6) is 0.754.